The van der Waals surface area contributed by atoms with Crippen molar-refractivity contribution in [2.24, 2.45) is 0 Å². The van der Waals surface area contributed by atoms with E-state index in [1.807, 2.05) is 0 Å². The average molecular weight is 258 g/mol. The van der Waals surface area contributed by atoms with Gasteiger partial charge in [0.2, 0.25) is 0 Å². The molecule has 0 spiro atoms. The van der Waals surface area contributed by atoms with Gasteiger partial charge in [-0.1, -0.05) is 31.5 Å². The van der Waals surface area contributed by atoms with Gasteiger partial charge in [-0.3, -0.25) is 0 Å². The quantitative estimate of drug-likeness (QED) is 0.761. The third-order valence-electron chi connectivity index (χ3n) is 3.33. The summed E-state index contributed by atoms with van der Waals surface area (Å²) in [6, 6.07) is 5.72. The number of hydrogen-bond acceptors (Lipinski definition) is 1. The predicted molar refractivity (Wildman–Crippen MR) is 63.2 cm³/mol. The Morgan fingerprint density at radius 3 is 2.61 bits per heavy atom. The van der Waals surface area contributed by atoms with Crippen LogP contribution in [-0.2, 0) is 10.9 Å². The van der Waals surface area contributed by atoms with Crippen LogP contribution in [-0.4, -0.2) is 6.10 Å². The van der Waals surface area contributed by atoms with Gasteiger partial charge in [0.1, 0.15) is 0 Å². The fourth-order valence-corrected chi connectivity index (χ4v) is 2.50. The zero-order valence-corrected chi connectivity index (χ0v) is 10.3. The second kappa shape index (κ2) is 5.31. The lowest BCUT2D eigenvalue weighted by Gasteiger charge is -2.18. The zero-order chi connectivity index (χ0) is 13.2. The van der Waals surface area contributed by atoms with Crippen LogP contribution in [0.4, 0.5) is 13.2 Å². The molecule has 1 aromatic rings. The maximum Gasteiger partial charge on any atom is 0.416 e. The van der Waals surface area contributed by atoms with Crippen molar-refractivity contribution in [3.63, 3.8) is 0 Å². The second-order valence-corrected chi connectivity index (χ2v) is 4.70. The summed E-state index contributed by atoms with van der Waals surface area (Å²) in [5.74, 6) is 0. The number of hydrogen-bond donors (Lipinski definition) is 0. The normalized spacial score (nSPS) is 24.4. The molecule has 2 rings (SSSR count). The van der Waals surface area contributed by atoms with Crippen molar-refractivity contribution in [3.05, 3.63) is 35.4 Å². The molecule has 0 N–H and O–H groups in total. The fraction of sp³-hybridized carbons (Fsp3) is 0.571. The van der Waals surface area contributed by atoms with Gasteiger partial charge in [0.25, 0.3) is 0 Å². The molecule has 100 valence electrons. The standard InChI is InChI=1S/C14H17F3O/c1-2-5-10-8-9-13(18-10)11-6-3-4-7-12(11)14(15,16)17/h3-4,6-7,10,13H,2,5,8-9H2,1H3/t10-,13-/m1/s1. The summed E-state index contributed by atoms with van der Waals surface area (Å²) in [6.45, 7) is 2.06. The van der Waals surface area contributed by atoms with Crippen LogP contribution >= 0.6 is 0 Å². The van der Waals surface area contributed by atoms with E-state index in [4.69, 9.17) is 4.74 Å². The Bertz CT molecular complexity index is 400. The molecule has 0 aromatic heterocycles. The largest absolute Gasteiger partial charge is 0.416 e. The first-order valence-electron chi connectivity index (χ1n) is 6.34. The first-order chi connectivity index (χ1) is 8.52. The summed E-state index contributed by atoms with van der Waals surface area (Å²) >= 11 is 0. The summed E-state index contributed by atoms with van der Waals surface area (Å²) < 4.78 is 44.4. The van der Waals surface area contributed by atoms with E-state index in [1.165, 1.54) is 12.1 Å². The molecule has 1 fully saturated rings. The Morgan fingerprint density at radius 1 is 1.22 bits per heavy atom. The lowest BCUT2D eigenvalue weighted by Crippen LogP contribution is -2.13. The van der Waals surface area contributed by atoms with Crippen molar-refractivity contribution in [2.45, 2.75) is 51.0 Å². The molecule has 0 saturated carbocycles. The number of alkyl halides is 3. The van der Waals surface area contributed by atoms with E-state index in [-0.39, 0.29) is 11.7 Å². The van der Waals surface area contributed by atoms with Crippen molar-refractivity contribution in [2.75, 3.05) is 0 Å². The first-order valence-corrected chi connectivity index (χ1v) is 6.34. The van der Waals surface area contributed by atoms with Crippen molar-refractivity contribution >= 4 is 0 Å². The van der Waals surface area contributed by atoms with Crippen molar-refractivity contribution in [1.82, 2.24) is 0 Å². The molecule has 0 radical (unpaired) electrons. The highest BCUT2D eigenvalue weighted by atomic mass is 19.4. The van der Waals surface area contributed by atoms with Crippen LogP contribution in [0.5, 0.6) is 0 Å². The molecule has 4 heteroatoms. The van der Waals surface area contributed by atoms with Crippen LogP contribution in [0.15, 0.2) is 24.3 Å². The summed E-state index contributed by atoms with van der Waals surface area (Å²) in [4.78, 5) is 0. The van der Waals surface area contributed by atoms with Gasteiger partial charge in [0.15, 0.2) is 0 Å². The Balaban J connectivity index is 2.19. The van der Waals surface area contributed by atoms with Gasteiger partial charge in [-0.05, 0) is 30.9 Å². The van der Waals surface area contributed by atoms with E-state index in [1.54, 1.807) is 6.07 Å². The van der Waals surface area contributed by atoms with Gasteiger partial charge in [0, 0.05) is 0 Å². The van der Waals surface area contributed by atoms with Crippen LogP contribution in [0.1, 0.15) is 49.8 Å². The summed E-state index contributed by atoms with van der Waals surface area (Å²) in [5.41, 5.74) is -0.282. The molecule has 1 aliphatic heterocycles. The first kappa shape index (κ1) is 13.4. The second-order valence-electron chi connectivity index (χ2n) is 4.70. The highest BCUT2D eigenvalue weighted by Gasteiger charge is 2.37. The molecule has 1 aliphatic rings. The highest BCUT2D eigenvalue weighted by Crippen LogP contribution is 2.41. The van der Waals surface area contributed by atoms with E-state index >= 15 is 0 Å². The maximum atomic E-state index is 12.9. The number of benzene rings is 1. The summed E-state index contributed by atoms with van der Waals surface area (Å²) in [5, 5.41) is 0. The molecule has 0 amide bonds. The van der Waals surface area contributed by atoms with Gasteiger partial charge >= 0.3 is 6.18 Å². The molecule has 2 atom stereocenters. The minimum absolute atomic E-state index is 0.112. The summed E-state index contributed by atoms with van der Waals surface area (Å²) in [7, 11) is 0. The Labute approximate surface area is 105 Å². The van der Waals surface area contributed by atoms with Gasteiger partial charge in [-0.15, -0.1) is 0 Å². The minimum atomic E-state index is -4.30. The van der Waals surface area contributed by atoms with E-state index in [0.29, 0.717) is 6.42 Å². The molecular formula is C14H17F3O. The molecule has 1 saturated heterocycles. The van der Waals surface area contributed by atoms with Gasteiger partial charge < -0.3 is 4.74 Å². The fourth-order valence-electron chi connectivity index (χ4n) is 2.50. The van der Waals surface area contributed by atoms with Crippen molar-refractivity contribution in [3.8, 4) is 0 Å². The van der Waals surface area contributed by atoms with Gasteiger partial charge in [0.05, 0.1) is 17.8 Å². The number of halogens is 3. The van der Waals surface area contributed by atoms with Crippen LogP contribution in [0.3, 0.4) is 0 Å². The van der Waals surface area contributed by atoms with Crippen LogP contribution in [0, 0.1) is 0 Å². The molecule has 18 heavy (non-hydrogen) atoms. The highest BCUT2D eigenvalue weighted by molar-refractivity contribution is 5.32. The lowest BCUT2D eigenvalue weighted by atomic mass is 9.99. The lowest BCUT2D eigenvalue weighted by molar-refractivity contribution is -0.139. The van der Waals surface area contributed by atoms with E-state index < -0.39 is 17.8 Å². The number of rotatable bonds is 3. The smallest absolute Gasteiger partial charge is 0.370 e. The van der Waals surface area contributed by atoms with Crippen LogP contribution in [0.25, 0.3) is 0 Å². The van der Waals surface area contributed by atoms with Crippen molar-refractivity contribution < 1.29 is 17.9 Å². The molecule has 1 aromatic carbocycles. The topological polar surface area (TPSA) is 9.23 Å². The van der Waals surface area contributed by atoms with Gasteiger partial charge in [-0.2, -0.15) is 13.2 Å². The molecule has 0 bridgehead atoms. The molecule has 1 nitrogen and oxygen atoms in total. The molecule has 1 heterocycles. The van der Waals surface area contributed by atoms with Crippen molar-refractivity contribution in [1.29, 1.82) is 0 Å². The Kier molecular flexibility index (Phi) is 3.95. The summed E-state index contributed by atoms with van der Waals surface area (Å²) in [6.07, 6.45) is -1.14. The van der Waals surface area contributed by atoms with E-state index in [9.17, 15) is 13.2 Å². The predicted octanol–water partition coefficient (Wildman–Crippen LogP) is 4.73. The zero-order valence-electron chi connectivity index (χ0n) is 10.3. The van der Waals surface area contributed by atoms with Gasteiger partial charge in [-0.25, -0.2) is 0 Å². The Morgan fingerprint density at radius 2 is 1.94 bits per heavy atom. The third-order valence-corrected chi connectivity index (χ3v) is 3.33. The monoisotopic (exact) mass is 258 g/mol. The van der Waals surface area contributed by atoms with Crippen LogP contribution < -0.4 is 0 Å². The van der Waals surface area contributed by atoms with Crippen LogP contribution in [0.2, 0.25) is 0 Å². The SMILES string of the molecule is CCC[C@@H]1CC[C@H](c2ccccc2C(F)(F)F)O1. The maximum absolute atomic E-state index is 12.9. The number of ether oxygens (including phenoxy) is 1. The molecule has 0 unspecified atom stereocenters. The molecular weight excluding hydrogens is 241 g/mol. The minimum Gasteiger partial charge on any atom is -0.370 e. The van der Waals surface area contributed by atoms with E-state index in [2.05, 4.69) is 6.92 Å². The molecule has 0 aliphatic carbocycles. The third kappa shape index (κ3) is 2.86. The van der Waals surface area contributed by atoms with E-state index in [0.717, 1.165) is 25.3 Å². The average Bonchev–Trinajstić information content (AvgIpc) is 2.77. The Hall–Kier alpha value is -1.03.